The van der Waals surface area contributed by atoms with E-state index in [1.807, 2.05) is 0 Å². The third-order valence-electron chi connectivity index (χ3n) is 17.9. The first kappa shape index (κ1) is 53.1. The Morgan fingerprint density at radius 3 is 1.88 bits per heavy atom. The van der Waals surface area contributed by atoms with Gasteiger partial charge >= 0.3 is 0 Å². The molecule has 0 heterocycles. The molecule has 4 aliphatic carbocycles. The van der Waals surface area contributed by atoms with Gasteiger partial charge in [0.05, 0.1) is 0 Å². The van der Waals surface area contributed by atoms with Crippen LogP contribution in [0.1, 0.15) is 153 Å². The highest BCUT2D eigenvalue weighted by Gasteiger charge is 2.38. The molecule has 388 valence electrons. The van der Waals surface area contributed by atoms with E-state index in [-0.39, 0.29) is 5.41 Å². The lowest BCUT2D eigenvalue weighted by atomic mass is 9.73. The summed E-state index contributed by atoms with van der Waals surface area (Å²) in [4.78, 5) is 0. The van der Waals surface area contributed by atoms with Gasteiger partial charge in [0, 0.05) is 5.41 Å². The van der Waals surface area contributed by atoms with Crippen molar-refractivity contribution in [1.29, 1.82) is 0 Å². The first-order chi connectivity index (χ1) is 37.2. The van der Waals surface area contributed by atoms with E-state index in [2.05, 4.69) is 270 Å². The minimum absolute atomic E-state index is 0.0774. The smallest absolute Gasteiger partial charge is 0.0159 e. The maximum absolute atomic E-state index is 2.57. The van der Waals surface area contributed by atoms with Gasteiger partial charge in [-0.3, -0.25) is 0 Å². The van der Waals surface area contributed by atoms with Crippen LogP contribution in [-0.2, 0) is 11.8 Å². The Kier molecular flexibility index (Phi) is 15.7. The quantitative estimate of drug-likeness (QED) is 0.142. The molecule has 0 radical (unpaired) electrons. The highest BCUT2D eigenvalue weighted by atomic mass is 14.4. The standard InChI is InChI=1S/C52H54.C13H14.C12H12/c1-32-15-9-11-17-42(32)44-24-21-38(27-34(44)3)29-41-31-50-51(47-20-14-13-19-46(41)47)48-26-23-40(30-49(48)52(50,7)8)37(6)36(5)39-22-25-45(35(4)28-39)43-18-12-10-16-33(43)2;1-11-6-5-9-13(10-11)12-7-3-2-4-8-12;1-9-7-8-10(2)12-6-4-3-5-11(9)12/h10-14,16-21,23-28,30-31,36-37,39H,9,15,22,29H2,1-8H3;2-4,7-10H,5-6H2,1H3;3-8H,1-2H3. The van der Waals surface area contributed by atoms with E-state index < -0.39 is 0 Å². The topological polar surface area (TPSA) is 0 Å². The molecule has 0 aliphatic heterocycles. The summed E-state index contributed by atoms with van der Waals surface area (Å²) in [7, 11) is 0. The predicted molar refractivity (Wildman–Crippen MR) is 336 cm³/mol. The van der Waals surface area contributed by atoms with Crippen molar-refractivity contribution in [3.05, 3.63) is 278 Å². The fourth-order valence-electron chi connectivity index (χ4n) is 13.0. The average molecular weight is 1010 g/mol. The van der Waals surface area contributed by atoms with Crippen LogP contribution in [0.15, 0.2) is 211 Å². The zero-order valence-electron chi connectivity index (χ0n) is 47.9. The van der Waals surface area contributed by atoms with Gasteiger partial charge in [-0.15, -0.1) is 0 Å². The Bertz CT molecular complexity index is 3660. The van der Waals surface area contributed by atoms with Crippen molar-refractivity contribution in [2.24, 2.45) is 11.8 Å². The number of benzene rings is 8. The summed E-state index contributed by atoms with van der Waals surface area (Å²) in [5.74, 6) is 1.52. The lowest BCUT2D eigenvalue weighted by Crippen LogP contribution is -2.19. The van der Waals surface area contributed by atoms with Crippen LogP contribution in [0, 0.1) is 39.5 Å². The number of aryl methyl sites for hydroxylation is 4. The zero-order chi connectivity index (χ0) is 54.0. The molecule has 0 heteroatoms. The summed E-state index contributed by atoms with van der Waals surface area (Å²) in [6.45, 7) is 25.4. The molecule has 0 saturated carbocycles. The molecule has 0 fully saturated rings. The van der Waals surface area contributed by atoms with Crippen LogP contribution in [0.3, 0.4) is 0 Å². The third-order valence-corrected chi connectivity index (χ3v) is 17.9. The van der Waals surface area contributed by atoms with Gasteiger partial charge in [0.25, 0.3) is 0 Å². The molecule has 12 rings (SSSR count). The maximum atomic E-state index is 2.57. The van der Waals surface area contributed by atoms with Gasteiger partial charge in [0.15, 0.2) is 0 Å². The van der Waals surface area contributed by atoms with Crippen molar-refractivity contribution in [3.63, 3.8) is 0 Å². The van der Waals surface area contributed by atoms with Gasteiger partial charge in [0.2, 0.25) is 0 Å². The largest absolute Gasteiger partial charge is 0.0836 e. The van der Waals surface area contributed by atoms with Crippen LogP contribution in [0.25, 0.3) is 49.4 Å². The maximum Gasteiger partial charge on any atom is 0.0159 e. The van der Waals surface area contributed by atoms with Gasteiger partial charge < -0.3 is 0 Å². The van der Waals surface area contributed by atoms with Gasteiger partial charge in [-0.1, -0.05) is 233 Å². The van der Waals surface area contributed by atoms with E-state index in [4.69, 9.17) is 0 Å². The Hall–Kier alpha value is -7.28. The van der Waals surface area contributed by atoms with Crippen molar-refractivity contribution < 1.29 is 0 Å². The number of hydrogen-bond acceptors (Lipinski definition) is 0. The second kappa shape index (κ2) is 22.7. The molecule has 0 saturated heterocycles. The molecule has 0 amide bonds. The first-order valence-electron chi connectivity index (χ1n) is 28.7. The highest BCUT2D eigenvalue weighted by molar-refractivity contribution is 6.04. The van der Waals surface area contributed by atoms with Crippen LogP contribution in [-0.4, -0.2) is 0 Å². The molecule has 8 aromatic carbocycles. The average Bonchev–Trinajstić information content (AvgIpc) is 3.97. The highest BCUT2D eigenvalue weighted by Crippen LogP contribution is 2.53. The lowest BCUT2D eigenvalue weighted by molar-refractivity contribution is 0.370. The molecular weight excluding hydrogens is 925 g/mol. The molecule has 77 heavy (non-hydrogen) atoms. The normalized spacial score (nSPS) is 17.2. The Balaban J connectivity index is 0.000000217. The van der Waals surface area contributed by atoms with Crippen LogP contribution < -0.4 is 0 Å². The number of fused-ring (bicyclic) bond motifs is 6. The van der Waals surface area contributed by atoms with E-state index in [9.17, 15) is 0 Å². The summed E-state index contributed by atoms with van der Waals surface area (Å²) in [5.41, 5.74) is 28.1. The molecule has 4 aliphatic rings. The fraction of sp³-hybridized carbons (Fsp3) is 0.273. The van der Waals surface area contributed by atoms with Crippen molar-refractivity contribution in [2.45, 2.75) is 126 Å². The third kappa shape index (κ3) is 11.0. The van der Waals surface area contributed by atoms with Crippen molar-refractivity contribution in [2.75, 3.05) is 0 Å². The Morgan fingerprint density at radius 2 is 1.21 bits per heavy atom. The monoisotopic (exact) mass is 1000 g/mol. The molecule has 0 N–H and O–H groups in total. The number of allylic oxidation sites excluding steroid dienone is 12. The lowest BCUT2D eigenvalue weighted by Gasteiger charge is -2.31. The number of rotatable bonds is 8. The SMILES string of the molecule is CC1=CC(C(C)C(C)c2ccc3c(c2)C(C)(C)c2cc(Cc4ccc(C5=C(C)CCC=C5)c(C)c4)c4ccccc4c2-3)CC=C1c1ccccc1C.CC1=CC(c2ccccc2)=CCC1.Cc1ccc(C)c2ccccc12. The second-order valence-electron chi connectivity index (χ2n) is 23.5. The summed E-state index contributed by atoms with van der Waals surface area (Å²) in [5, 5.41) is 5.51. The van der Waals surface area contributed by atoms with Gasteiger partial charge in [-0.05, 0) is 226 Å². The molecule has 8 aromatic rings. The molecule has 0 spiro atoms. The summed E-state index contributed by atoms with van der Waals surface area (Å²) < 4.78 is 0. The molecule has 0 nitrogen and oxygen atoms in total. The predicted octanol–water partition coefficient (Wildman–Crippen LogP) is 21.5. The van der Waals surface area contributed by atoms with E-state index in [1.165, 1.54) is 146 Å². The minimum Gasteiger partial charge on any atom is -0.0836 e. The number of hydrogen-bond donors (Lipinski definition) is 0. The fourth-order valence-corrected chi connectivity index (χ4v) is 13.0. The van der Waals surface area contributed by atoms with Gasteiger partial charge in [-0.25, -0.2) is 0 Å². The summed E-state index contributed by atoms with van der Waals surface area (Å²) in [6, 6.07) is 58.6. The molecule has 3 unspecified atom stereocenters. The molecule has 0 bridgehead atoms. The minimum atomic E-state index is -0.0774. The van der Waals surface area contributed by atoms with Crippen molar-refractivity contribution in [3.8, 4) is 11.1 Å². The van der Waals surface area contributed by atoms with Gasteiger partial charge in [0.1, 0.15) is 0 Å². The van der Waals surface area contributed by atoms with E-state index in [1.54, 1.807) is 0 Å². The second-order valence-corrected chi connectivity index (χ2v) is 23.5. The van der Waals surface area contributed by atoms with Crippen molar-refractivity contribution >= 4 is 38.3 Å². The van der Waals surface area contributed by atoms with Crippen LogP contribution in [0.2, 0.25) is 0 Å². The van der Waals surface area contributed by atoms with E-state index in [0.29, 0.717) is 17.8 Å². The Labute approximate surface area is 462 Å². The van der Waals surface area contributed by atoms with E-state index in [0.717, 1.165) is 25.7 Å². The Morgan fingerprint density at radius 1 is 0.545 bits per heavy atom. The molecular formula is C77H80. The van der Waals surface area contributed by atoms with Crippen LogP contribution >= 0.6 is 0 Å². The van der Waals surface area contributed by atoms with E-state index >= 15 is 0 Å². The molecule has 0 aromatic heterocycles. The summed E-state index contributed by atoms with van der Waals surface area (Å²) >= 11 is 0. The van der Waals surface area contributed by atoms with Gasteiger partial charge in [-0.2, -0.15) is 0 Å². The first-order valence-corrected chi connectivity index (χ1v) is 28.7. The zero-order valence-corrected chi connectivity index (χ0v) is 47.9. The van der Waals surface area contributed by atoms with Crippen molar-refractivity contribution in [1.82, 2.24) is 0 Å². The van der Waals surface area contributed by atoms with Crippen LogP contribution in [0.5, 0.6) is 0 Å². The molecule has 3 atom stereocenters. The summed E-state index contributed by atoms with van der Waals surface area (Å²) in [6.07, 6.45) is 21.1. The van der Waals surface area contributed by atoms with Crippen LogP contribution in [0.4, 0.5) is 0 Å².